The Balaban J connectivity index is 1.94. The van der Waals surface area contributed by atoms with Gasteiger partial charge in [0.15, 0.2) is 0 Å². The molecule has 1 fully saturated rings. The Morgan fingerprint density at radius 1 is 1.21 bits per heavy atom. The Labute approximate surface area is 168 Å². The average Bonchev–Trinajstić information content (AvgIpc) is 2.91. The van der Waals surface area contributed by atoms with E-state index < -0.39 is 21.8 Å². The van der Waals surface area contributed by atoms with Crippen LogP contribution in [0.4, 0.5) is 4.79 Å². The lowest BCUT2D eigenvalue weighted by Gasteiger charge is -2.24. The van der Waals surface area contributed by atoms with Crippen molar-refractivity contribution < 1.29 is 22.1 Å². The van der Waals surface area contributed by atoms with Crippen molar-refractivity contribution >= 4 is 16.2 Å². The Bertz CT molecular complexity index is 731. The molecule has 8 heteroatoms. The van der Waals surface area contributed by atoms with Crippen molar-refractivity contribution in [3.63, 3.8) is 0 Å². The molecule has 1 aliphatic rings. The van der Waals surface area contributed by atoms with Crippen molar-refractivity contribution in [3.05, 3.63) is 35.9 Å². The van der Waals surface area contributed by atoms with E-state index in [9.17, 15) is 13.2 Å². The largest absolute Gasteiger partial charge is 0.444 e. The molecule has 1 N–H and O–H groups in total. The van der Waals surface area contributed by atoms with Crippen molar-refractivity contribution in [3.8, 4) is 0 Å². The summed E-state index contributed by atoms with van der Waals surface area (Å²) in [5, 5.41) is 3.00. The van der Waals surface area contributed by atoms with Gasteiger partial charge in [-0.25, -0.2) is 4.79 Å². The molecule has 0 spiro atoms. The van der Waals surface area contributed by atoms with Crippen molar-refractivity contribution in [2.75, 3.05) is 26.0 Å². The molecule has 7 nitrogen and oxygen atoms in total. The molecule has 2 rings (SSSR count). The Morgan fingerprint density at radius 2 is 1.89 bits per heavy atom. The molecule has 1 aromatic rings. The molecule has 1 aromatic carbocycles. The van der Waals surface area contributed by atoms with Gasteiger partial charge in [0.2, 0.25) is 0 Å². The molecule has 0 bridgehead atoms. The van der Waals surface area contributed by atoms with E-state index in [1.807, 2.05) is 39.0 Å². The van der Waals surface area contributed by atoms with E-state index in [1.54, 1.807) is 0 Å². The number of carbonyl (C=O) groups is 1. The van der Waals surface area contributed by atoms with E-state index in [2.05, 4.69) is 22.3 Å². The minimum absolute atomic E-state index is 0.0446. The summed E-state index contributed by atoms with van der Waals surface area (Å²) >= 11 is 0. The van der Waals surface area contributed by atoms with Crippen molar-refractivity contribution in [1.29, 1.82) is 0 Å². The highest BCUT2D eigenvalue weighted by molar-refractivity contribution is 7.85. The number of hydrogen-bond donors (Lipinski definition) is 1. The zero-order valence-electron chi connectivity index (χ0n) is 17.2. The number of nitrogens with zero attached hydrogens (tertiary/aromatic N) is 1. The number of likely N-dealkylation sites (tertiary alicyclic amines) is 1. The van der Waals surface area contributed by atoms with Crippen molar-refractivity contribution in [1.82, 2.24) is 10.2 Å². The molecule has 0 aromatic heterocycles. The van der Waals surface area contributed by atoms with Crippen LogP contribution in [0.15, 0.2) is 30.3 Å². The van der Waals surface area contributed by atoms with Gasteiger partial charge in [-0.2, -0.15) is 8.42 Å². The van der Waals surface area contributed by atoms with Gasteiger partial charge < -0.3 is 10.1 Å². The molecule has 28 heavy (non-hydrogen) atoms. The molecule has 158 valence electrons. The molecular formula is C20H32N2O5S. The predicted octanol–water partition coefficient (Wildman–Crippen LogP) is 2.77. The standard InChI is InChI=1S/C20H32N2O5S/c1-20(2,3)27-19(23)21-18-15-22(13-16-9-6-5-7-10-16)14-17(18)11-8-12-26-28(4,24)25/h5-7,9-10,17-18H,8,11-15H2,1-4H3,(H,21,23)/t17-,18+/m0/s1. The van der Waals surface area contributed by atoms with Crippen LogP contribution in [0.3, 0.4) is 0 Å². The minimum Gasteiger partial charge on any atom is -0.444 e. The van der Waals surface area contributed by atoms with Crippen LogP contribution in [0.5, 0.6) is 0 Å². The van der Waals surface area contributed by atoms with Crippen LogP contribution in [0, 0.1) is 5.92 Å². The lowest BCUT2D eigenvalue weighted by molar-refractivity contribution is 0.0494. The van der Waals surface area contributed by atoms with Gasteiger partial charge in [0.1, 0.15) is 5.60 Å². The van der Waals surface area contributed by atoms with E-state index in [0.717, 1.165) is 32.3 Å². The smallest absolute Gasteiger partial charge is 0.407 e. The predicted molar refractivity (Wildman–Crippen MR) is 108 cm³/mol. The third-order valence-corrected chi connectivity index (χ3v) is 5.08. The van der Waals surface area contributed by atoms with Gasteiger partial charge in [-0.3, -0.25) is 9.08 Å². The average molecular weight is 413 g/mol. The quantitative estimate of drug-likeness (QED) is 0.522. The van der Waals surface area contributed by atoms with Crippen LogP contribution < -0.4 is 5.32 Å². The third kappa shape index (κ3) is 8.58. The van der Waals surface area contributed by atoms with Gasteiger partial charge in [0.05, 0.1) is 12.9 Å². The first-order valence-corrected chi connectivity index (χ1v) is 11.4. The zero-order chi connectivity index (χ0) is 20.8. The lowest BCUT2D eigenvalue weighted by Crippen LogP contribution is -2.43. The summed E-state index contributed by atoms with van der Waals surface area (Å²) in [6.45, 7) is 8.03. The summed E-state index contributed by atoms with van der Waals surface area (Å²) < 4.78 is 32.5. The summed E-state index contributed by atoms with van der Waals surface area (Å²) in [6.07, 6.45) is 2.01. The number of benzene rings is 1. The first-order valence-electron chi connectivity index (χ1n) is 9.62. The molecule has 0 radical (unpaired) electrons. The maximum Gasteiger partial charge on any atom is 0.407 e. The summed E-state index contributed by atoms with van der Waals surface area (Å²) in [5.41, 5.74) is 0.671. The lowest BCUT2D eigenvalue weighted by atomic mass is 9.98. The summed E-state index contributed by atoms with van der Waals surface area (Å²) in [5.74, 6) is 0.208. The normalized spacial score (nSPS) is 20.9. The molecule has 1 saturated heterocycles. The second-order valence-corrected chi connectivity index (χ2v) is 10.0. The molecule has 0 unspecified atom stereocenters. The van der Waals surface area contributed by atoms with Crippen LogP contribution in [0.2, 0.25) is 0 Å². The fourth-order valence-corrected chi connectivity index (χ4v) is 3.82. The fourth-order valence-electron chi connectivity index (χ4n) is 3.40. The maximum absolute atomic E-state index is 12.2. The molecule has 2 atom stereocenters. The number of rotatable bonds is 8. The van der Waals surface area contributed by atoms with Crippen LogP contribution in [0.1, 0.15) is 39.2 Å². The van der Waals surface area contributed by atoms with E-state index in [4.69, 9.17) is 8.92 Å². The van der Waals surface area contributed by atoms with Gasteiger partial charge in [-0.1, -0.05) is 30.3 Å². The van der Waals surface area contributed by atoms with Crippen molar-refractivity contribution in [2.45, 2.75) is 51.8 Å². The van der Waals surface area contributed by atoms with Gasteiger partial charge >= 0.3 is 6.09 Å². The molecule has 1 amide bonds. The highest BCUT2D eigenvalue weighted by Crippen LogP contribution is 2.24. The fraction of sp³-hybridized carbons (Fsp3) is 0.650. The molecule has 1 aliphatic heterocycles. The van der Waals surface area contributed by atoms with Crippen molar-refractivity contribution in [2.24, 2.45) is 5.92 Å². The SMILES string of the molecule is CC(C)(C)OC(=O)N[C@@H]1CN(Cc2ccccc2)C[C@@H]1CCCOS(C)(=O)=O. The van der Waals surface area contributed by atoms with Crippen LogP contribution >= 0.6 is 0 Å². The highest BCUT2D eigenvalue weighted by Gasteiger charge is 2.34. The first-order chi connectivity index (χ1) is 13.0. The first kappa shape index (κ1) is 22.6. The minimum atomic E-state index is -3.42. The van der Waals surface area contributed by atoms with Crippen LogP contribution in [-0.4, -0.2) is 57.0 Å². The van der Waals surface area contributed by atoms with E-state index in [0.29, 0.717) is 6.42 Å². The second-order valence-electron chi connectivity index (χ2n) is 8.36. The Kier molecular flexibility index (Phi) is 7.86. The van der Waals surface area contributed by atoms with Gasteiger partial charge in [-0.05, 0) is 45.1 Å². The number of amides is 1. The Morgan fingerprint density at radius 3 is 2.50 bits per heavy atom. The molecule has 0 aliphatic carbocycles. The summed E-state index contributed by atoms with van der Waals surface area (Å²) in [4.78, 5) is 14.5. The third-order valence-electron chi connectivity index (χ3n) is 4.48. The van der Waals surface area contributed by atoms with Gasteiger partial charge in [0, 0.05) is 25.7 Å². The van der Waals surface area contributed by atoms with Crippen LogP contribution in [0.25, 0.3) is 0 Å². The molecular weight excluding hydrogens is 380 g/mol. The number of carbonyl (C=O) groups excluding carboxylic acids is 1. The second kappa shape index (κ2) is 9.71. The van der Waals surface area contributed by atoms with Gasteiger partial charge in [0.25, 0.3) is 10.1 Å². The number of alkyl carbamates (subject to hydrolysis) is 1. The van der Waals surface area contributed by atoms with Crippen LogP contribution in [-0.2, 0) is 25.6 Å². The monoisotopic (exact) mass is 412 g/mol. The van der Waals surface area contributed by atoms with E-state index in [1.165, 1.54) is 5.56 Å². The molecule has 1 heterocycles. The maximum atomic E-state index is 12.2. The number of nitrogens with one attached hydrogen (secondary N) is 1. The van der Waals surface area contributed by atoms with Gasteiger partial charge in [-0.15, -0.1) is 0 Å². The molecule has 0 saturated carbocycles. The summed E-state index contributed by atoms with van der Waals surface area (Å²) in [6, 6.07) is 10.2. The highest BCUT2D eigenvalue weighted by atomic mass is 32.2. The van der Waals surface area contributed by atoms with E-state index in [-0.39, 0.29) is 18.6 Å². The number of hydrogen-bond acceptors (Lipinski definition) is 6. The Hall–Kier alpha value is -1.64. The number of ether oxygens (including phenoxy) is 1. The summed E-state index contributed by atoms with van der Waals surface area (Å²) in [7, 11) is -3.42. The topological polar surface area (TPSA) is 84.9 Å². The zero-order valence-corrected chi connectivity index (χ0v) is 18.0. The van der Waals surface area contributed by atoms with E-state index >= 15 is 0 Å².